The van der Waals surface area contributed by atoms with Gasteiger partial charge in [0.05, 0.1) is 6.54 Å². The molecule has 19 heavy (non-hydrogen) atoms. The molecule has 0 saturated heterocycles. The van der Waals surface area contributed by atoms with Crippen LogP contribution in [0.4, 0.5) is 0 Å². The maximum Gasteiger partial charge on any atom is 0.248 e. The summed E-state index contributed by atoms with van der Waals surface area (Å²) < 4.78 is 25.0. The molecule has 1 aromatic heterocycles. The first-order valence-electron chi connectivity index (χ1n) is 5.79. The zero-order chi connectivity index (χ0) is 14.5. The van der Waals surface area contributed by atoms with Crippen molar-refractivity contribution in [1.29, 1.82) is 0 Å². The van der Waals surface area contributed by atoms with Gasteiger partial charge in [-0.2, -0.15) is 4.31 Å². The summed E-state index contributed by atoms with van der Waals surface area (Å²) in [5.41, 5.74) is -0.612. The fraction of sp³-hybridized carbons (Fsp3) is 0.455. The summed E-state index contributed by atoms with van der Waals surface area (Å²) in [6, 6.07) is 1.12. The highest BCUT2D eigenvalue weighted by atomic mass is 32.2. The lowest BCUT2D eigenvalue weighted by Crippen LogP contribution is -2.39. The van der Waals surface area contributed by atoms with Crippen molar-refractivity contribution in [3.8, 4) is 0 Å². The van der Waals surface area contributed by atoms with Crippen LogP contribution in [0, 0.1) is 0 Å². The normalized spacial score (nSPS) is 11.5. The van der Waals surface area contributed by atoms with E-state index in [1.54, 1.807) is 0 Å². The van der Waals surface area contributed by atoms with Gasteiger partial charge in [0.1, 0.15) is 4.90 Å². The molecule has 0 unspecified atom stereocenters. The van der Waals surface area contributed by atoms with Crippen LogP contribution in [0.5, 0.6) is 0 Å². The molecule has 0 aliphatic rings. The largest absolute Gasteiger partial charge is 0.366 e. The zero-order valence-electron chi connectivity index (χ0n) is 10.8. The Labute approximate surface area is 111 Å². The predicted molar refractivity (Wildman–Crippen MR) is 70.2 cm³/mol. The molecule has 8 heteroatoms. The summed E-state index contributed by atoms with van der Waals surface area (Å²) in [5, 5.41) is 2.57. The van der Waals surface area contributed by atoms with Gasteiger partial charge in [-0.3, -0.25) is 9.59 Å². The van der Waals surface area contributed by atoms with Gasteiger partial charge < -0.3 is 10.3 Å². The van der Waals surface area contributed by atoms with Crippen molar-refractivity contribution in [3.05, 3.63) is 28.7 Å². The van der Waals surface area contributed by atoms with Gasteiger partial charge in [0.2, 0.25) is 21.4 Å². The molecule has 2 N–H and O–H groups in total. The first-order valence-corrected chi connectivity index (χ1v) is 7.23. The molecule has 0 aliphatic heterocycles. The molecule has 0 radical (unpaired) electrons. The van der Waals surface area contributed by atoms with E-state index in [0.29, 0.717) is 6.54 Å². The summed E-state index contributed by atoms with van der Waals surface area (Å²) in [6.07, 6.45) is 3.22. The Bertz CT molecular complexity index is 594. The molecular formula is C11H17N3O4S. The van der Waals surface area contributed by atoms with Crippen molar-refractivity contribution in [1.82, 2.24) is 14.6 Å². The lowest BCUT2D eigenvalue weighted by atomic mass is 10.4. The van der Waals surface area contributed by atoms with E-state index in [1.807, 2.05) is 6.92 Å². The molecule has 7 nitrogen and oxygen atoms in total. The number of pyridine rings is 1. The topological polar surface area (TPSA) is 99.3 Å². The molecule has 0 saturated carbocycles. The number of sulfonamides is 1. The molecule has 0 fully saturated rings. The van der Waals surface area contributed by atoms with E-state index in [-0.39, 0.29) is 11.4 Å². The predicted octanol–water partition coefficient (Wildman–Crippen LogP) is -0.478. The van der Waals surface area contributed by atoms with Crippen molar-refractivity contribution >= 4 is 15.9 Å². The second kappa shape index (κ2) is 6.48. The van der Waals surface area contributed by atoms with Crippen LogP contribution in [-0.2, 0) is 14.8 Å². The Hall–Kier alpha value is -1.67. The first kappa shape index (κ1) is 15.4. The Balaban J connectivity index is 2.87. The number of H-pyrrole nitrogens is 1. The van der Waals surface area contributed by atoms with Crippen LogP contribution >= 0.6 is 0 Å². The number of carbonyl (C=O) groups is 1. The molecule has 1 aromatic rings. The van der Waals surface area contributed by atoms with E-state index in [0.717, 1.165) is 23.0 Å². The summed E-state index contributed by atoms with van der Waals surface area (Å²) in [4.78, 5) is 25.1. The number of hydrogen-bond acceptors (Lipinski definition) is 4. The number of aromatic amines is 1. The Kier molecular flexibility index (Phi) is 5.25. The number of nitrogens with one attached hydrogen (secondary N) is 2. The third-order valence-electron chi connectivity index (χ3n) is 2.41. The Morgan fingerprint density at radius 1 is 1.47 bits per heavy atom. The quantitative estimate of drug-likeness (QED) is 0.738. The monoisotopic (exact) mass is 287 g/mol. The molecule has 1 rings (SSSR count). The molecule has 0 aliphatic carbocycles. The van der Waals surface area contributed by atoms with Gasteiger partial charge in [-0.05, 0) is 6.42 Å². The molecule has 106 valence electrons. The van der Waals surface area contributed by atoms with Gasteiger partial charge >= 0.3 is 0 Å². The van der Waals surface area contributed by atoms with E-state index in [4.69, 9.17) is 0 Å². The van der Waals surface area contributed by atoms with Gasteiger partial charge in [0, 0.05) is 32.1 Å². The molecular weight excluding hydrogens is 270 g/mol. The summed E-state index contributed by atoms with van der Waals surface area (Å²) >= 11 is 0. The standard InChI is InChI=1S/C11H17N3O4S/c1-3-5-13-11(16)8-14(2)19(17,18)10-7-12-6-4-9(10)15/h4,6-7H,3,5,8H2,1-2H3,(H,12,15)(H,13,16). The van der Waals surface area contributed by atoms with Gasteiger partial charge in [-0.1, -0.05) is 6.92 Å². The number of amides is 1. The second-order valence-corrected chi connectivity index (χ2v) is 6.00. The van der Waals surface area contributed by atoms with E-state index in [2.05, 4.69) is 10.3 Å². The van der Waals surface area contributed by atoms with Gasteiger partial charge in [-0.25, -0.2) is 8.42 Å². The average Bonchev–Trinajstić information content (AvgIpc) is 2.36. The van der Waals surface area contributed by atoms with Crippen molar-refractivity contribution < 1.29 is 13.2 Å². The van der Waals surface area contributed by atoms with Crippen molar-refractivity contribution in [3.63, 3.8) is 0 Å². The SMILES string of the molecule is CCCNC(=O)CN(C)S(=O)(=O)c1c[nH]ccc1=O. The molecule has 0 spiro atoms. The smallest absolute Gasteiger partial charge is 0.248 e. The highest BCUT2D eigenvalue weighted by Crippen LogP contribution is 2.07. The van der Waals surface area contributed by atoms with Crippen molar-refractivity contribution in [2.75, 3.05) is 20.1 Å². The number of nitrogens with zero attached hydrogens (tertiary/aromatic N) is 1. The van der Waals surface area contributed by atoms with Crippen LogP contribution in [0.25, 0.3) is 0 Å². The fourth-order valence-corrected chi connectivity index (χ4v) is 2.54. The van der Waals surface area contributed by atoms with Crippen molar-refractivity contribution in [2.45, 2.75) is 18.2 Å². The number of rotatable bonds is 6. The minimum Gasteiger partial charge on any atom is -0.366 e. The number of hydrogen-bond donors (Lipinski definition) is 2. The minimum absolute atomic E-state index is 0.323. The van der Waals surface area contributed by atoms with E-state index < -0.39 is 21.4 Å². The van der Waals surface area contributed by atoms with Gasteiger partial charge in [0.15, 0.2) is 0 Å². The lowest BCUT2D eigenvalue weighted by Gasteiger charge is -2.16. The zero-order valence-corrected chi connectivity index (χ0v) is 11.7. The Morgan fingerprint density at radius 2 is 2.16 bits per heavy atom. The van der Waals surface area contributed by atoms with E-state index in [1.165, 1.54) is 13.2 Å². The lowest BCUT2D eigenvalue weighted by molar-refractivity contribution is -0.121. The summed E-state index contributed by atoms with van der Waals surface area (Å²) in [6.45, 7) is 2.06. The molecule has 0 aromatic carbocycles. The van der Waals surface area contributed by atoms with Gasteiger partial charge in [0.25, 0.3) is 0 Å². The maximum absolute atomic E-state index is 12.1. The van der Waals surface area contributed by atoms with Crippen LogP contribution in [0.15, 0.2) is 28.2 Å². The molecule has 1 amide bonds. The van der Waals surface area contributed by atoms with Crippen LogP contribution in [0.1, 0.15) is 13.3 Å². The van der Waals surface area contributed by atoms with Crippen LogP contribution < -0.4 is 10.7 Å². The van der Waals surface area contributed by atoms with E-state index in [9.17, 15) is 18.0 Å². The third kappa shape index (κ3) is 3.90. The second-order valence-electron chi connectivity index (χ2n) is 3.98. The maximum atomic E-state index is 12.1. The summed E-state index contributed by atoms with van der Waals surface area (Å²) in [5.74, 6) is -0.403. The molecule has 1 heterocycles. The Morgan fingerprint density at radius 3 is 2.74 bits per heavy atom. The summed E-state index contributed by atoms with van der Waals surface area (Å²) in [7, 11) is -2.70. The highest BCUT2D eigenvalue weighted by molar-refractivity contribution is 7.89. The van der Waals surface area contributed by atoms with Crippen molar-refractivity contribution in [2.24, 2.45) is 0 Å². The number of aromatic nitrogens is 1. The fourth-order valence-electron chi connectivity index (χ4n) is 1.38. The molecule has 0 atom stereocenters. The third-order valence-corrected chi connectivity index (χ3v) is 4.24. The number of likely N-dealkylation sites (N-methyl/N-ethyl adjacent to an activating group) is 1. The first-order chi connectivity index (χ1) is 8.89. The molecule has 0 bridgehead atoms. The van der Waals surface area contributed by atoms with Crippen LogP contribution in [0.3, 0.4) is 0 Å². The van der Waals surface area contributed by atoms with Crippen LogP contribution in [-0.4, -0.2) is 43.8 Å². The van der Waals surface area contributed by atoms with E-state index >= 15 is 0 Å². The highest BCUT2D eigenvalue weighted by Gasteiger charge is 2.25. The van der Waals surface area contributed by atoms with Gasteiger partial charge in [-0.15, -0.1) is 0 Å². The average molecular weight is 287 g/mol. The van der Waals surface area contributed by atoms with Crippen LogP contribution in [0.2, 0.25) is 0 Å². The number of carbonyl (C=O) groups excluding carboxylic acids is 1. The minimum atomic E-state index is -3.96.